The Hall–Kier alpha value is -4.73. The van der Waals surface area contributed by atoms with Gasteiger partial charge in [-0.25, -0.2) is 9.78 Å². The molecule has 0 unspecified atom stereocenters. The summed E-state index contributed by atoms with van der Waals surface area (Å²) in [6.45, 7) is 14.8. The lowest BCUT2D eigenvalue weighted by Gasteiger charge is -2.18. The highest BCUT2D eigenvalue weighted by Gasteiger charge is 2.37. The molecule has 10 heteroatoms. The third kappa shape index (κ3) is 6.98. The highest BCUT2D eigenvalue weighted by Crippen LogP contribution is 2.43. The number of aryl methyl sites for hydroxylation is 4. The van der Waals surface area contributed by atoms with Crippen LogP contribution in [0.15, 0.2) is 18.2 Å². The molecular formula is C40H51N5O5. The first-order valence-corrected chi connectivity index (χ1v) is 18.0. The fourth-order valence-electron chi connectivity index (χ4n) is 7.50. The molecule has 5 heterocycles. The number of carboxylic acids is 1. The molecule has 3 aromatic rings. The van der Waals surface area contributed by atoms with Crippen LogP contribution in [0, 0.1) is 13.8 Å². The van der Waals surface area contributed by atoms with Crippen LogP contribution in [0.1, 0.15) is 140 Å². The van der Waals surface area contributed by atoms with Gasteiger partial charge in [-0.3, -0.25) is 14.6 Å². The lowest BCUT2D eigenvalue weighted by atomic mass is 9.85. The number of rotatable bonds is 12. The summed E-state index contributed by atoms with van der Waals surface area (Å²) in [6.07, 6.45) is 5.97. The van der Waals surface area contributed by atoms with Crippen molar-refractivity contribution in [3.63, 3.8) is 0 Å². The molecule has 3 aromatic heterocycles. The van der Waals surface area contributed by atoms with Gasteiger partial charge in [0, 0.05) is 52.6 Å². The van der Waals surface area contributed by atoms with Gasteiger partial charge in [-0.1, -0.05) is 47.0 Å². The Balaban J connectivity index is 1.94. The van der Waals surface area contributed by atoms with Gasteiger partial charge in [0.25, 0.3) is 5.91 Å². The van der Waals surface area contributed by atoms with Crippen molar-refractivity contribution >= 4 is 51.1 Å². The van der Waals surface area contributed by atoms with E-state index in [0.717, 1.165) is 83.0 Å². The van der Waals surface area contributed by atoms with Crippen molar-refractivity contribution < 1.29 is 24.2 Å². The Kier molecular flexibility index (Phi) is 11.3. The number of H-pyrrole nitrogens is 2. The Labute approximate surface area is 294 Å². The van der Waals surface area contributed by atoms with E-state index < -0.39 is 11.9 Å². The van der Waals surface area contributed by atoms with Gasteiger partial charge in [0.2, 0.25) is 0 Å². The van der Waals surface area contributed by atoms with Crippen molar-refractivity contribution in [3.05, 3.63) is 68.8 Å². The van der Waals surface area contributed by atoms with Gasteiger partial charge in [0.1, 0.15) is 0 Å². The number of methoxy groups -OCH3 is 1. The molecule has 1 amide bonds. The molecule has 0 fully saturated rings. The second-order valence-corrected chi connectivity index (χ2v) is 13.5. The van der Waals surface area contributed by atoms with Crippen molar-refractivity contribution in [1.29, 1.82) is 0 Å². The maximum absolute atomic E-state index is 14.4. The number of carbonyl (C=O) groups is 3. The van der Waals surface area contributed by atoms with Crippen LogP contribution in [0.5, 0.6) is 0 Å². The standard InChI is InChI=1S/C40H51N5O5/c1-9-12-13-14-17-41-39(47)36-37-27(15-16-34(46)50-8)23(6)30(44-37)18-28-21(4)25(10-2)32(42-28)19-29-22(5)26(11-3)33(43-29)20-31-24(7)35(40(48)49)38(36)45-31/h18-20,23,27,42-43H,9-17H2,1-8H3,(H,41,47)(H,48,49)/t23-,27-/m0/s1. The first kappa shape index (κ1) is 36.5. The van der Waals surface area contributed by atoms with Crippen LogP contribution >= 0.6 is 0 Å². The summed E-state index contributed by atoms with van der Waals surface area (Å²) in [6, 6.07) is 6.08. The van der Waals surface area contributed by atoms with Crippen LogP contribution in [0.4, 0.5) is 0 Å². The fraction of sp³-hybridized carbons (Fsp3) is 0.475. The minimum atomic E-state index is -1.17. The number of carboxylic acid groups (broad SMARTS) is 1. The summed E-state index contributed by atoms with van der Waals surface area (Å²) in [5.74, 6) is -2.50. The van der Waals surface area contributed by atoms with Gasteiger partial charge < -0.3 is 25.1 Å². The summed E-state index contributed by atoms with van der Waals surface area (Å²) < 4.78 is 4.99. The summed E-state index contributed by atoms with van der Waals surface area (Å²) in [5.41, 5.74) is 10.6. The molecule has 2 atom stereocenters. The minimum absolute atomic E-state index is 0.0265. The lowest BCUT2D eigenvalue weighted by molar-refractivity contribution is -0.140. The molecular weight excluding hydrogens is 630 g/mol. The van der Waals surface area contributed by atoms with E-state index in [1.54, 1.807) is 6.92 Å². The zero-order valence-electron chi connectivity index (χ0n) is 30.7. The maximum atomic E-state index is 14.4. The quantitative estimate of drug-likeness (QED) is 0.111. The largest absolute Gasteiger partial charge is 0.478 e. The van der Waals surface area contributed by atoms with Gasteiger partial charge in [-0.15, -0.1) is 0 Å². The van der Waals surface area contributed by atoms with E-state index in [-0.39, 0.29) is 41.1 Å². The summed E-state index contributed by atoms with van der Waals surface area (Å²) >= 11 is 0. The molecule has 2 aliphatic heterocycles. The molecule has 266 valence electrons. The number of nitrogens with one attached hydrogen (secondary N) is 3. The molecule has 4 N–H and O–H groups in total. The molecule has 0 aliphatic carbocycles. The highest BCUT2D eigenvalue weighted by atomic mass is 16.5. The molecule has 10 nitrogen and oxygen atoms in total. The van der Waals surface area contributed by atoms with Crippen molar-refractivity contribution in [2.24, 2.45) is 0 Å². The Bertz CT molecular complexity index is 2020. The number of aromatic amines is 2. The van der Waals surface area contributed by atoms with Crippen LogP contribution < -0.4 is 5.32 Å². The smallest absolute Gasteiger partial charge is 0.338 e. The van der Waals surface area contributed by atoms with Crippen LogP contribution in [0.2, 0.25) is 0 Å². The molecule has 0 aromatic carbocycles. The number of nitrogens with zero attached hydrogens (tertiary/aromatic N) is 2. The third-order valence-electron chi connectivity index (χ3n) is 10.5. The Morgan fingerprint density at radius 3 is 2.12 bits per heavy atom. The van der Waals surface area contributed by atoms with E-state index in [2.05, 4.69) is 56.0 Å². The van der Waals surface area contributed by atoms with E-state index in [1.807, 2.05) is 19.1 Å². The van der Waals surface area contributed by atoms with Crippen molar-refractivity contribution in [2.75, 3.05) is 13.7 Å². The topological polar surface area (TPSA) is 150 Å². The van der Waals surface area contributed by atoms with Gasteiger partial charge in [-0.05, 0) is 92.5 Å². The number of aliphatic carboxylic acids is 1. The molecule has 0 saturated heterocycles. The highest BCUT2D eigenvalue weighted by molar-refractivity contribution is 6.26. The van der Waals surface area contributed by atoms with Gasteiger partial charge >= 0.3 is 11.9 Å². The number of allylic oxidation sites excluding steroid dienone is 1. The number of aromatic nitrogens is 4. The second-order valence-electron chi connectivity index (χ2n) is 13.5. The van der Waals surface area contributed by atoms with Crippen LogP contribution in [-0.2, 0) is 27.2 Å². The summed E-state index contributed by atoms with van der Waals surface area (Å²) in [5, 5.41) is 13.7. The number of amides is 1. The first-order chi connectivity index (χ1) is 23.9. The molecule has 0 spiro atoms. The zero-order valence-corrected chi connectivity index (χ0v) is 30.7. The third-order valence-corrected chi connectivity index (χ3v) is 10.5. The molecule has 2 aliphatic rings. The van der Waals surface area contributed by atoms with E-state index in [4.69, 9.17) is 14.7 Å². The van der Waals surface area contributed by atoms with Crippen molar-refractivity contribution in [3.8, 4) is 0 Å². The summed E-state index contributed by atoms with van der Waals surface area (Å²) in [7, 11) is 1.36. The second kappa shape index (κ2) is 15.4. The normalized spacial score (nSPS) is 15.8. The van der Waals surface area contributed by atoms with E-state index in [9.17, 15) is 19.5 Å². The number of hydrogen-bond acceptors (Lipinski definition) is 6. The number of hydrogen-bond donors (Lipinski definition) is 4. The predicted molar refractivity (Wildman–Crippen MR) is 198 cm³/mol. The SMILES string of the molecule is CCCCCCNC(=O)c1c2nc(cc3[nH]c(cc4[nH]c(cc5nc1[C@@H](CCC(=O)OC)[C@@H]5C)c(C)c4CC)c(C)c3CC)C(C)=C2C(=O)O. The fourth-order valence-corrected chi connectivity index (χ4v) is 7.50. The average molecular weight is 682 g/mol. The Morgan fingerprint density at radius 1 is 0.880 bits per heavy atom. The zero-order chi connectivity index (χ0) is 36.3. The van der Waals surface area contributed by atoms with Crippen LogP contribution in [-0.4, -0.2) is 56.5 Å². The molecule has 5 rings (SSSR count). The first-order valence-electron chi connectivity index (χ1n) is 18.0. The van der Waals surface area contributed by atoms with Crippen LogP contribution in [0.25, 0.3) is 33.2 Å². The predicted octanol–water partition coefficient (Wildman–Crippen LogP) is 8.22. The molecule has 0 radical (unpaired) electrons. The van der Waals surface area contributed by atoms with Gasteiger partial charge in [0.15, 0.2) is 0 Å². The maximum Gasteiger partial charge on any atom is 0.338 e. The van der Waals surface area contributed by atoms with E-state index in [0.29, 0.717) is 29.9 Å². The summed E-state index contributed by atoms with van der Waals surface area (Å²) in [4.78, 5) is 57.2. The van der Waals surface area contributed by atoms with E-state index >= 15 is 0 Å². The average Bonchev–Trinajstić information content (AvgIpc) is 3.76. The minimum Gasteiger partial charge on any atom is -0.478 e. The van der Waals surface area contributed by atoms with Crippen molar-refractivity contribution in [2.45, 2.75) is 112 Å². The number of ether oxygens (including phenoxy) is 1. The van der Waals surface area contributed by atoms with E-state index in [1.165, 1.54) is 12.7 Å². The number of esters is 1. The monoisotopic (exact) mass is 681 g/mol. The van der Waals surface area contributed by atoms with Crippen molar-refractivity contribution in [1.82, 2.24) is 25.3 Å². The van der Waals surface area contributed by atoms with Crippen LogP contribution in [0.3, 0.4) is 0 Å². The number of unbranched alkanes of at least 4 members (excludes halogenated alkanes) is 3. The van der Waals surface area contributed by atoms with Gasteiger partial charge in [-0.2, -0.15) is 0 Å². The molecule has 8 bridgehead atoms. The van der Waals surface area contributed by atoms with Gasteiger partial charge in [0.05, 0.1) is 35.3 Å². The number of fused-ring (bicyclic) bond motifs is 8. The molecule has 50 heavy (non-hydrogen) atoms. The Morgan fingerprint density at radius 2 is 1.52 bits per heavy atom. The molecule has 0 saturated carbocycles. The lowest BCUT2D eigenvalue weighted by Crippen LogP contribution is -2.27. The number of carbonyl (C=O) groups excluding carboxylic acids is 2.